The second-order valence-corrected chi connectivity index (χ2v) is 5.48. The van der Waals surface area contributed by atoms with Gasteiger partial charge in [0.2, 0.25) is 0 Å². The molecule has 0 bridgehead atoms. The summed E-state index contributed by atoms with van der Waals surface area (Å²) in [6, 6.07) is 3.99. The summed E-state index contributed by atoms with van der Waals surface area (Å²) in [5, 5.41) is 11.3. The van der Waals surface area contributed by atoms with E-state index in [1.807, 2.05) is 0 Å². The maximum Gasteiger partial charge on any atom is 0.322 e. The number of carboxylic acids is 1. The molecule has 0 aliphatic heterocycles. The highest BCUT2D eigenvalue weighted by Gasteiger charge is 2.32. The highest BCUT2D eigenvalue weighted by molar-refractivity contribution is 9.10. The van der Waals surface area contributed by atoms with Gasteiger partial charge in [-0.3, -0.25) is 4.79 Å². The van der Waals surface area contributed by atoms with Crippen molar-refractivity contribution in [1.82, 2.24) is 4.90 Å². The van der Waals surface area contributed by atoms with Gasteiger partial charge in [-0.25, -0.2) is 9.18 Å². The number of benzene rings is 1. The molecular weight excluding hydrogens is 331 g/mol. The molecule has 0 unspecified atom stereocenters. The molecule has 20 heavy (non-hydrogen) atoms. The van der Waals surface area contributed by atoms with Crippen molar-refractivity contribution in [2.24, 2.45) is 0 Å². The molecule has 5 nitrogen and oxygen atoms in total. The number of amides is 2. The normalized spacial score (nSPS) is 13.9. The summed E-state index contributed by atoms with van der Waals surface area (Å²) in [6.07, 6.45) is 1.65. The number of aliphatic carboxylic acids is 1. The SMILES string of the molecule is O=C(O)CCN(C(=O)Nc1ccc(Br)c(F)c1)C1CC1. The number of nitrogens with one attached hydrogen (secondary N) is 1. The number of nitrogens with zero attached hydrogens (tertiary/aromatic N) is 1. The van der Waals surface area contributed by atoms with Gasteiger partial charge in [0.05, 0.1) is 10.9 Å². The molecule has 1 aromatic carbocycles. The van der Waals surface area contributed by atoms with Crippen LogP contribution in [0.25, 0.3) is 0 Å². The first-order valence-electron chi connectivity index (χ1n) is 6.22. The van der Waals surface area contributed by atoms with Crippen molar-refractivity contribution in [3.63, 3.8) is 0 Å². The van der Waals surface area contributed by atoms with Gasteiger partial charge in [0.1, 0.15) is 5.82 Å². The average molecular weight is 345 g/mol. The summed E-state index contributed by atoms with van der Waals surface area (Å²) in [6.45, 7) is 0.158. The molecule has 2 rings (SSSR count). The van der Waals surface area contributed by atoms with E-state index in [0.29, 0.717) is 10.2 Å². The van der Waals surface area contributed by atoms with Crippen molar-refractivity contribution in [1.29, 1.82) is 0 Å². The monoisotopic (exact) mass is 344 g/mol. The van der Waals surface area contributed by atoms with E-state index in [1.54, 1.807) is 6.07 Å². The topological polar surface area (TPSA) is 69.6 Å². The average Bonchev–Trinajstić information content (AvgIpc) is 3.18. The van der Waals surface area contributed by atoms with E-state index >= 15 is 0 Å². The lowest BCUT2D eigenvalue weighted by atomic mass is 10.3. The zero-order valence-corrected chi connectivity index (χ0v) is 12.2. The van der Waals surface area contributed by atoms with Crippen molar-refractivity contribution in [2.75, 3.05) is 11.9 Å². The minimum atomic E-state index is -0.946. The van der Waals surface area contributed by atoms with Crippen LogP contribution in [0.15, 0.2) is 22.7 Å². The summed E-state index contributed by atoms with van der Waals surface area (Å²) >= 11 is 3.04. The number of halogens is 2. The third-order valence-corrected chi connectivity index (χ3v) is 3.63. The molecule has 7 heteroatoms. The van der Waals surface area contributed by atoms with Crippen molar-refractivity contribution < 1.29 is 19.1 Å². The van der Waals surface area contributed by atoms with E-state index in [2.05, 4.69) is 21.2 Å². The van der Waals surface area contributed by atoms with E-state index < -0.39 is 17.8 Å². The molecular formula is C13H14BrFN2O3. The molecule has 2 amide bonds. The van der Waals surface area contributed by atoms with Gasteiger partial charge in [-0.2, -0.15) is 0 Å². The molecule has 0 atom stereocenters. The minimum Gasteiger partial charge on any atom is -0.481 e. The quantitative estimate of drug-likeness (QED) is 0.862. The second kappa shape index (κ2) is 6.21. The Hall–Kier alpha value is -1.63. The van der Waals surface area contributed by atoms with Gasteiger partial charge < -0.3 is 15.3 Å². The van der Waals surface area contributed by atoms with Crippen LogP contribution in [-0.4, -0.2) is 34.6 Å². The first-order valence-corrected chi connectivity index (χ1v) is 7.01. The lowest BCUT2D eigenvalue weighted by Gasteiger charge is -2.22. The van der Waals surface area contributed by atoms with Crippen molar-refractivity contribution >= 4 is 33.6 Å². The minimum absolute atomic E-state index is 0.0923. The van der Waals surface area contributed by atoms with Crippen LogP contribution in [0.4, 0.5) is 14.9 Å². The lowest BCUT2D eigenvalue weighted by Crippen LogP contribution is -2.38. The van der Waals surface area contributed by atoms with E-state index in [9.17, 15) is 14.0 Å². The highest BCUT2D eigenvalue weighted by atomic mass is 79.9. The zero-order chi connectivity index (χ0) is 14.7. The van der Waals surface area contributed by atoms with Crippen LogP contribution < -0.4 is 5.32 Å². The number of urea groups is 1. The largest absolute Gasteiger partial charge is 0.481 e. The van der Waals surface area contributed by atoms with Crippen molar-refractivity contribution in [3.05, 3.63) is 28.5 Å². The molecule has 1 aliphatic rings. The third-order valence-electron chi connectivity index (χ3n) is 2.99. The maximum atomic E-state index is 13.4. The Morgan fingerprint density at radius 2 is 2.15 bits per heavy atom. The molecule has 2 N–H and O–H groups in total. The highest BCUT2D eigenvalue weighted by Crippen LogP contribution is 2.28. The molecule has 0 aromatic heterocycles. The number of hydrogen-bond donors (Lipinski definition) is 2. The van der Waals surface area contributed by atoms with E-state index in [1.165, 1.54) is 17.0 Å². The van der Waals surface area contributed by atoms with Gasteiger partial charge in [-0.1, -0.05) is 0 Å². The molecule has 0 heterocycles. The van der Waals surface area contributed by atoms with Gasteiger partial charge >= 0.3 is 12.0 Å². The Kier molecular flexibility index (Phi) is 4.59. The summed E-state index contributed by atoms with van der Waals surface area (Å²) in [5.74, 6) is -1.41. The first kappa shape index (κ1) is 14.8. The van der Waals surface area contributed by atoms with Crippen molar-refractivity contribution in [2.45, 2.75) is 25.3 Å². The first-order chi connectivity index (χ1) is 9.47. The van der Waals surface area contributed by atoms with Gasteiger partial charge in [0.15, 0.2) is 0 Å². The fourth-order valence-electron chi connectivity index (χ4n) is 1.82. The number of rotatable bonds is 5. The predicted molar refractivity (Wildman–Crippen MR) is 75.1 cm³/mol. The van der Waals surface area contributed by atoms with E-state index in [-0.39, 0.29) is 19.0 Å². The van der Waals surface area contributed by atoms with Crippen molar-refractivity contribution in [3.8, 4) is 0 Å². The van der Waals surface area contributed by atoms with Crippen LogP contribution in [0.3, 0.4) is 0 Å². The fourth-order valence-corrected chi connectivity index (χ4v) is 2.07. The van der Waals surface area contributed by atoms with Gasteiger partial charge in [0.25, 0.3) is 0 Å². The molecule has 0 radical (unpaired) electrons. The van der Waals surface area contributed by atoms with Crippen LogP contribution in [0.5, 0.6) is 0 Å². The standard InChI is InChI=1S/C13H14BrFN2O3/c14-10-4-1-8(7-11(10)15)16-13(20)17(9-2-3-9)6-5-12(18)19/h1,4,7,9H,2-3,5-6H2,(H,16,20)(H,18,19). The summed E-state index contributed by atoms with van der Waals surface area (Å²) in [4.78, 5) is 24.2. The lowest BCUT2D eigenvalue weighted by molar-refractivity contribution is -0.137. The second-order valence-electron chi connectivity index (χ2n) is 4.63. The van der Waals surface area contributed by atoms with Gasteiger partial charge in [0, 0.05) is 18.3 Å². The zero-order valence-electron chi connectivity index (χ0n) is 10.6. The number of carbonyl (C=O) groups is 2. The van der Waals surface area contributed by atoms with Crippen LogP contribution in [0, 0.1) is 5.82 Å². The Bertz CT molecular complexity index is 534. The predicted octanol–water partition coefficient (Wildman–Crippen LogP) is 3.06. The van der Waals surface area contributed by atoms with Crippen LogP contribution in [0.2, 0.25) is 0 Å². The Balaban J connectivity index is 2.00. The Morgan fingerprint density at radius 3 is 2.70 bits per heavy atom. The van der Waals surface area contributed by atoms with Gasteiger partial charge in [-0.05, 0) is 47.0 Å². The molecule has 1 aromatic rings. The van der Waals surface area contributed by atoms with Crippen LogP contribution in [0.1, 0.15) is 19.3 Å². The fraction of sp³-hybridized carbons (Fsp3) is 0.385. The smallest absolute Gasteiger partial charge is 0.322 e. The summed E-state index contributed by atoms with van der Waals surface area (Å²) < 4.78 is 13.7. The van der Waals surface area contributed by atoms with E-state index in [0.717, 1.165) is 12.8 Å². The molecule has 1 saturated carbocycles. The Morgan fingerprint density at radius 1 is 1.45 bits per heavy atom. The molecule has 108 valence electrons. The summed E-state index contributed by atoms with van der Waals surface area (Å²) in [7, 11) is 0. The molecule has 1 fully saturated rings. The number of anilines is 1. The molecule has 0 spiro atoms. The number of carbonyl (C=O) groups excluding carboxylic acids is 1. The summed E-state index contributed by atoms with van der Waals surface area (Å²) in [5.41, 5.74) is 0.344. The van der Waals surface area contributed by atoms with Crippen LogP contribution in [-0.2, 0) is 4.79 Å². The van der Waals surface area contributed by atoms with Crippen LogP contribution >= 0.6 is 15.9 Å². The van der Waals surface area contributed by atoms with E-state index in [4.69, 9.17) is 5.11 Å². The molecule has 0 saturated heterocycles. The van der Waals surface area contributed by atoms with Gasteiger partial charge in [-0.15, -0.1) is 0 Å². The Labute approximate surface area is 123 Å². The maximum absolute atomic E-state index is 13.4. The number of carboxylic acid groups (broad SMARTS) is 1. The third kappa shape index (κ3) is 3.93. The number of hydrogen-bond acceptors (Lipinski definition) is 2. The molecule has 1 aliphatic carbocycles.